The van der Waals surface area contributed by atoms with E-state index in [-0.39, 0.29) is 5.75 Å². The number of rotatable bonds is 2. The molecule has 3 aromatic rings. The maximum atomic E-state index is 12.3. The monoisotopic (exact) mass is 291 g/mol. The molecular weight excluding hydrogens is 281 g/mol. The van der Waals surface area contributed by atoms with E-state index in [4.69, 9.17) is 0 Å². The van der Waals surface area contributed by atoms with Crippen LogP contribution >= 0.6 is 0 Å². The summed E-state index contributed by atoms with van der Waals surface area (Å²) >= 11 is 0. The third kappa shape index (κ3) is 2.69. The average molecular weight is 291 g/mol. The van der Waals surface area contributed by atoms with Gasteiger partial charge in [-0.15, -0.1) is 13.2 Å². The predicted octanol–water partition coefficient (Wildman–Crippen LogP) is 4.01. The van der Waals surface area contributed by atoms with E-state index in [1.54, 1.807) is 23.7 Å². The first kappa shape index (κ1) is 13.5. The van der Waals surface area contributed by atoms with Crippen molar-refractivity contribution in [3.63, 3.8) is 0 Å². The Kier molecular flexibility index (Phi) is 3.08. The second-order valence-electron chi connectivity index (χ2n) is 4.50. The number of ether oxygens (including phenoxy) is 1. The average Bonchev–Trinajstić information content (AvgIpc) is 2.72. The van der Waals surface area contributed by atoms with Gasteiger partial charge in [0.25, 0.3) is 0 Å². The van der Waals surface area contributed by atoms with E-state index < -0.39 is 6.36 Å². The maximum absolute atomic E-state index is 12.3. The van der Waals surface area contributed by atoms with Gasteiger partial charge in [-0.1, -0.05) is 6.07 Å². The summed E-state index contributed by atoms with van der Waals surface area (Å²) in [4.78, 5) is 0. The molecule has 1 aromatic carbocycles. The summed E-state index contributed by atoms with van der Waals surface area (Å²) in [5, 5.41) is 4.33. The molecule has 3 nitrogen and oxygen atoms in total. The second kappa shape index (κ2) is 4.80. The highest BCUT2D eigenvalue weighted by molar-refractivity contribution is 5.82. The molecule has 0 bridgehead atoms. The Balaban J connectivity index is 2.11. The molecule has 0 atom stereocenters. The Morgan fingerprint density at radius 2 is 2.05 bits per heavy atom. The van der Waals surface area contributed by atoms with Crippen LogP contribution in [0.4, 0.5) is 13.2 Å². The molecule has 3 rings (SSSR count). The van der Waals surface area contributed by atoms with Crippen molar-refractivity contribution in [2.24, 2.45) is 0 Å². The Labute approximate surface area is 118 Å². The molecule has 2 heterocycles. The number of hydrogen-bond acceptors (Lipinski definition) is 2. The highest BCUT2D eigenvalue weighted by Gasteiger charge is 2.31. The van der Waals surface area contributed by atoms with E-state index in [9.17, 15) is 13.2 Å². The van der Waals surface area contributed by atoms with Crippen molar-refractivity contribution in [3.05, 3.63) is 54.4 Å². The number of aromatic nitrogens is 2. The third-order valence-corrected chi connectivity index (χ3v) is 3.00. The van der Waals surface area contributed by atoms with Crippen LogP contribution in [0.25, 0.3) is 16.6 Å². The predicted molar refractivity (Wildman–Crippen MR) is 70.9 cm³/mol. The van der Waals surface area contributed by atoms with Crippen LogP contribution in [-0.2, 0) is 0 Å². The van der Waals surface area contributed by atoms with Gasteiger partial charge in [0, 0.05) is 11.8 Å². The topological polar surface area (TPSA) is 26.5 Å². The summed E-state index contributed by atoms with van der Waals surface area (Å²) in [7, 11) is 0. The number of benzene rings is 1. The molecule has 21 heavy (non-hydrogen) atoms. The number of fused-ring (bicyclic) bond motifs is 1. The molecule has 0 saturated heterocycles. The minimum absolute atomic E-state index is 0.297. The first-order chi connectivity index (χ1) is 9.94. The Morgan fingerprint density at radius 3 is 2.81 bits per heavy atom. The van der Waals surface area contributed by atoms with E-state index >= 15 is 0 Å². The van der Waals surface area contributed by atoms with Gasteiger partial charge in [-0.3, -0.25) is 0 Å². The summed E-state index contributed by atoms with van der Waals surface area (Å²) in [6.45, 7) is 1.81. The van der Waals surface area contributed by atoms with Crippen LogP contribution in [0.15, 0.2) is 42.6 Å². The van der Waals surface area contributed by atoms with Gasteiger partial charge in [-0.2, -0.15) is 5.10 Å². The van der Waals surface area contributed by atoms with Gasteiger partial charge in [-0.05, 0) is 48.9 Å². The van der Waals surface area contributed by atoms with Crippen LogP contribution in [0, 0.1) is 13.0 Å². The quantitative estimate of drug-likeness (QED) is 0.713. The lowest BCUT2D eigenvalue weighted by Crippen LogP contribution is -2.17. The lowest BCUT2D eigenvalue weighted by Gasteiger charge is -2.09. The molecule has 107 valence electrons. The van der Waals surface area contributed by atoms with Gasteiger partial charge in [0.05, 0.1) is 11.2 Å². The van der Waals surface area contributed by atoms with Crippen LogP contribution in [-0.4, -0.2) is 16.0 Å². The van der Waals surface area contributed by atoms with Crippen LogP contribution in [0.1, 0.15) is 5.69 Å². The SMILES string of the molecule is Cc1nn2ccccc2c1-c1c[c]cc(OC(F)(F)F)c1. The number of nitrogens with zero attached hydrogens (tertiary/aromatic N) is 2. The van der Waals surface area contributed by atoms with Crippen LogP contribution in [0.2, 0.25) is 0 Å². The standard InChI is InChI=1S/C15H10F3N2O/c1-10-14(13-7-2-3-8-20(13)19-10)11-5-4-6-12(9-11)21-15(16,17)18/h2-3,5-9H,1H3. The van der Waals surface area contributed by atoms with Crippen LogP contribution in [0.3, 0.4) is 0 Å². The van der Waals surface area contributed by atoms with Crippen molar-refractivity contribution < 1.29 is 17.9 Å². The molecule has 0 amide bonds. The van der Waals surface area contributed by atoms with E-state index in [0.29, 0.717) is 5.56 Å². The lowest BCUT2D eigenvalue weighted by molar-refractivity contribution is -0.274. The number of pyridine rings is 1. The van der Waals surface area contributed by atoms with Gasteiger partial charge < -0.3 is 4.74 Å². The van der Waals surface area contributed by atoms with Crippen molar-refractivity contribution in [1.82, 2.24) is 9.61 Å². The van der Waals surface area contributed by atoms with Gasteiger partial charge in [0.1, 0.15) is 5.75 Å². The smallest absolute Gasteiger partial charge is 0.406 e. The second-order valence-corrected chi connectivity index (χ2v) is 4.50. The number of aryl methyl sites for hydroxylation is 1. The Morgan fingerprint density at radius 1 is 1.24 bits per heavy atom. The zero-order valence-electron chi connectivity index (χ0n) is 11.0. The van der Waals surface area contributed by atoms with Crippen molar-refractivity contribution in [2.45, 2.75) is 13.3 Å². The van der Waals surface area contributed by atoms with Crippen molar-refractivity contribution >= 4 is 5.52 Å². The first-order valence-corrected chi connectivity index (χ1v) is 6.15. The Hall–Kier alpha value is -2.50. The highest BCUT2D eigenvalue weighted by Crippen LogP contribution is 2.32. The molecule has 0 saturated carbocycles. The maximum Gasteiger partial charge on any atom is 0.573 e. The fourth-order valence-electron chi connectivity index (χ4n) is 2.26. The van der Waals surface area contributed by atoms with Crippen molar-refractivity contribution in [2.75, 3.05) is 0 Å². The van der Waals surface area contributed by atoms with E-state index in [0.717, 1.165) is 22.8 Å². The highest BCUT2D eigenvalue weighted by atomic mass is 19.4. The van der Waals surface area contributed by atoms with Gasteiger partial charge in [0.2, 0.25) is 0 Å². The zero-order valence-corrected chi connectivity index (χ0v) is 11.0. The lowest BCUT2D eigenvalue weighted by atomic mass is 10.0. The van der Waals surface area contributed by atoms with Crippen LogP contribution in [0.5, 0.6) is 5.75 Å². The minimum atomic E-state index is -4.72. The molecule has 0 aliphatic carbocycles. The minimum Gasteiger partial charge on any atom is -0.406 e. The number of hydrogen-bond donors (Lipinski definition) is 0. The number of halogens is 3. The molecule has 1 radical (unpaired) electrons. The van der Waals surface area contributed by atoms with Crippen molar-refractivity contribution in [1.29, 1.82) is 0 Å². The summed E-state index contributed by atoms with van der Waals surface area (Å²) in [5.74, 6) is -0.297. The molecule has 0 spiro atoms. The van der Waals surface area contributed by atoms with Gasteiger partial charge in [0.15, 0.2) is 0 Å². The molecule has 0 unspecified atom stereocenters. The van der Waals surface area contributed by atoms with E-state index in [2.05, 4.69) is 15.9 Å². The molecule has 2 aromatic heterocycles. The fourth-order valence-corrected chi connectivity index (χ4v) is 2.26. The zero-order chi connectivity index (χ0) is 15.0. The molecule has 0 aliphatic heterocycles. The van der Waals surface area contributed by atoms with E-state index in [1.165, 1.54) is 6.07 Å². The fraction of sp³-hybridized carbons (Fsp3) is 0.133. The normalized spacial score (nSPS) is 11.8. The largest absolute Gasteiger partial charge is 0.573 e. The van der Waals surface area contributed by atoms with Gasteiger partial charge >= 0.3 is 6.36 Å². The van der Waals surface area contributed by atoms with E-state index in [1.807, 2.05) is 18.2 Å². The van der Waals surface area contributed by atoms with Crippen LogP contribution < -0.4 is 4.74 Å². The Bertz CT molecular complexity index is 793. The molecular formula is C15H10F3N2O. The molecule has 6 heteroatoms. The first-order valence-electron chi connectivity index (χ1n) is 6.15. The van der Waals surface area contributed by atoms with Gasteiger partial charge in [-0.25, -0.2) is 4.52 Å². The summed E-state index contributed by atoms with van der Waals surface area (Å²) < 4.78 is 42.5. The molecule has 0 aliphatic rings. The third-order valence-electron chi connectivity index (χ3n) is 3.00. The number of alkyl halides is 3. The summed E-state index contributed by atoms with van der Waals surface area (Å²) in [6, 6.07) is 12.3. The summed E-state index contributed by atoms with van der Waals surface area (Å²) in [5.41, 5.74) is 2.88. The van der Waals surface area contributed by atoms with Crippen molar-refractivity contribution in [3.8, 4) is 16.9 Å². The summed E-state index contributed by atoms with van der Waals surface area (Å²) in [6.07, 6.45) is -2.94. The molecule has 0 fully saturated rings. The molecule has 0 N–H and O–H groups in total.